The van der Waals surface area contributed by atoms with Crippen molar-refractivity contribution >= 4 is 29.1 Å². The number of anilines is 1. The Hall–Kier alpha value is -3.85. The summed E-state index contributed by atoms with van der Waals surface area (Å²) in [6, 6.07) is 11.1. The van der Waals surface area contributed by atoms with Gasteiger partial charge in [-0.2, -0.15) is 0 Å². The van der Waals surface area contributed by atoms with Gasteiger partial charge in [0.05, 0.1) is 23.8 Å². The first-order chi connectivity index (χ1) is 17.7. The van der Waals surface area contributed by atoms with Crippen LogP contribution in [0.3, 0.4) is 0 Å². The number of aliphatic hydroxyl groups is 1. The van der Waals surface area contributed by atoms with Crippen molar-refractivity contribution in [1.82, 2.24) is 9.80 Å². The van der Waals surface area contributed by atoms with Crippen LogP contribution in [0.5, 0.6) is 11.5 Å². The Balaban J connectivity index is 1.82. The Morgan fingerprint density at radius 1 is 1.16 bits per heavy atom. The number of benzene rings is 2. The van der Waals surface area contributed by atoms with E-state index in [1.807, 2.05) is 25.8 Å². The number of ketones is 1. The van der Waals surface area contributed by atoms with Crippen molar-refractivity contribution in [2.75, 3.05) is 51.3 Å². The lowest BCUT2D eigenvalue weighted by atomic mass is 9.94. The second kappa shape index (κ2) is 11.0. The van der Waals surface area contributed by atoms with Crippen molar-refractivity contribution in [1.29, 1.82) is 0 Å². The largest absolute Gasteiger partial charge is 0.507 e. The molecule has 37 heavy (non-hydrogen) atoms. The van der Waals surface area contributed by atoms with E-state index in [4.69, 9.17) is 9.47 Å². The molecule has 0 aliphatic carbocycles. The summed E-state index contributed by atoms with van der Waals surface area (Å²) in [4.78, 5) is 43.9. The molecule has 2 heterocycles. The molecule has 1 saturated heterocycles. The molecule has 9 nitrogen and oxygen atoms in total. The minimum atomic E-state index is -0.837. The van der Waals surface area contributed by atoms with Crippen molar-refractivity contribution < 1.29 is 29.0 Å². The van der Waals surface area contributed by atoms with Gasteiger partial charge in [0, 0.05) is 32.6 Å². The normalized spacial score (nSPS) is 18.7. The zero-order chi connectivity index (χ0) is 26.7. The SMILES string of the molecule is CCN(CC)CCN1C(=O)C(=O)/C(=C(\O)c2ccc3c(c2)N(C)CCO3)C1c1cccc(OC(C)=O)c1. The zero-order valence-electron chi connectivity index (χ0n) is 21.7. The van der Waals surface area contributed by atoms with E-state index in [0.29, 0.717) is 48.9 Å². The lowest BCUT2D eigenvalue weighted by Gasteiger charge is -2.29. The van der Waals surface area contributed by atoms with Gasteiger partial charge >= 0.3 is 5.97 Å². The molecule has 4 rings (SSSR count). The zero-order valence-corrected chi connectivity index (χ0v) is 21.7. The molecule has 196 valence electrons. The third-order valence-electron chi connectivity index (χ3n) is 6.85. The number of esters is 1. The number of hydrogen-bond acceptors (Lipinski definition) is 8. The second-order valence-electron chi connectivity index (χ2n) is 9.14. The highest BCUT2D eigenvalue weighted by Gasteiger charge is 2.46. The fourth-order valence-corrected chi connectivity index (χ4v) is 4.81. The van der Waals surface area contributed by atoms with E-state index in [9.17, 15) is 19.5 Å². The smallest absolute Gasteiger partial charge is 0.308 e. The summed E-state index contributed by atoms with van der Waals surface area (Å²) >= 11 is 0. The Morgan fingerprint density at radius 2 is 1.92 bits per heavy atom. The maximum Gasteiger partial charge on any atom is 0.308 e. The molecule has 2 aliphatic rings. The molecule has 1 amide bonds. The molecular weight excluding hydrogens is 474 g/mol. The summed E-state index contributed by atoms with van der Waals surface area (Å²) in [6.45, 7) is 9.10. The van der Waals surface area contributed by atoms with Crippen molar-refractivity contribution in [3.05, 3.63) is 59.2 Å². The molecule has 1 unspecified atom stereocenters. The van der Waals surface area contributed by atoms with Gasteiger partial charge in [0.2, 0.25) is 0 Å². The van der Waals surface area contributed by atoms with Gasteiger partial charge in [-0.15, -0.1) is 0 Å². The van der Waals surface area contributed by atoms with Gasteiger partial charge in [-0.25, -0.2) is 0 Å². The number of aliphatic hydroxyl groups excluding tert-OH is 1. The summed E-state index contributed by atoms with van der Waals surface area (Å²) in [5.41, 5.74) is 1.78. The van der Waals surface area contributed by atoms with E-state index in [2.05, 4.69) is 4.90 Å². The average Bonchev–Trinajstić information content (AvgIpc) is 3.14. The predicted molar refractivity (Wildman–Crippen MR) is 140 cm³/mol. The van der Waals surface area contributed by atoms with Crippen LogP contribution in [0.1, 0.15) is 37.9 Å². The summed E-state index contributed by atoms with van der Waals surface area (Å²) < 4.78 is 11.0. The average molecular weight is 508 g/mol. The fraction of sp³-hybridized carbons (Fsp3) is 0.393. The molecule has 9 heteroatoms. The summed E-state index contributed by atoms with van der Waals surface area (Å²) in [5, 5.41) is 11.5. The number of amides is 1. The molecular formula is C28H33N3O6. The number of fused-ring (bicyclic) bond motifs is 1. The van der Waals surface area contributed by atoms with Crippen molar-refractivity contribution in [3.63, 3.8) is 0 Å². The summed E-state index contributed by atoms with van der Waals surface area (Å²) in [7, 11) is 1.93. The summed E-state index contributed by atoms with van der Waals surface area (Å²) in [5.74, 6) is -1.17. The van der Waals surface area contributed by atoms with E-state index in [-0.39, 0.29) is 11.3 Å². The van der Waals surface area contributed by atoms with Gasteiger partial charge in [0.15, 0.2) is 0 Å². The van der Waals surface area contributed by atoms with E-state index in [0.717, 1.165) is 18.8 Å². The third kappa shape index (κ3) is 5.32. The van der Waals surface area contributed by atoms with E-state index in [1.54, 1.807) is 42.5 Å². The van der Waals surface area contributed by atoms with Gasteiger partial charge in [-0.1, -0.05) is 26.0 Å². The van der Waals surface area contributed by atoms with Gasteiger partial charge in [0.25, 0.3) is 11.7 Å². The second-order valence-corrected chi connectivity index (χ2v) is 9.14. The topological polar surface area (TPSA) is 99.6 Å². The number of ether oxygens (including phenoxy) is 2. The molecule has 1 atom stereocenters. The molecule has 0 aromatic heterocycles. The predicted octanol–water partition coefficient (Wildman–Crippen LogP) is 3.20. The molecule has 0 radical (unpaired) electrons. The molecule has 0 spiro atoms. The number of hydrogen-bond donors (Lipinski definition) is 1. The Morgan fingerprint density at radius 3 is 2.62 bits per heavy atom. The molecule has 1 N–H and O–H groups in total. The van der Waals surface area contributed by atoms with Crippen molar-refractivity contribution in [2.24, 2.45) is 0 Å². The lowest BCUT2D eigenvalue weighted by molar-refractivity contribution is -0.140. The Bertz CT molecular complexity index is 1240. The van der Waals surface area contributed by atoms with Crippen molar-refractivity contribution in [3.8, 4) is 11.5 Å². The molecule has 2 aromatic rings. The highest BCUT2D eigenvalue weighted by molar-refractivity contribution is 6.46. The number of nitrogens with zero attached hydrogens (tertiary/aromatic N) is 3. The molecule has 2 aromatic carbocycles. The van der Waals surface area contributed by atoms with Gasteiger partial charge in [0.1, 0.15) is 23.9 Å². The van der Waals surface area contributed by atoms with E-state index >= 15 is 0 Å². The molecule has 0 saturated carbocycles. The third-order valence-corrected chi connectivity index (χ3v) is 6.85. The Labute approximate surface area is 216 Å². The number of carbonyl (C=O) groups is 3. The standard InChI is InChI=1S/C28H33N3O6/c1-5-30(6-2)12-13-31-25(19-8-7-9-21(16-19)37-18(3)32)24(27(34)28(31)35)26(33)20-10-11-23-22(17-20)29(4)14-15-36-23/h7-11,16-17,25,33H,5-6,12-15H2,1-4H3/b26-24-. The first kappa shape index (κ1) is 26.2. The number of rotatable bonds is 8. The van der Waals surface area contributed by atoms with Crippen LogP contribution in [0, 0.1) is 0 Å². The monoisotopic (exact) mass is 507 g/mol. The van der Waals surface area contributed by atoms with Crippen molar-refractivity contribution in [2.45, 2.75) is 26.8 Å². The van der Waals surface area contributed by atoms with Crippen LogP contribution in [0.4, 0.5) is 5.69 Å². The van der Waals surface area contributed by atoms with Crippen LogP contribution in [-0.2, 0) is 14.4 Å². The minimum absolute atomic E-state index is 0.00357. The van der Waals surface area contributed by atoms with Crippen LogP contribution in [0.15, 0.2) is 48.0 Å². The van der Waals surface area contributed by atoms with E-state index < -0.39 is 23.7 Å². The van der Waals surface area contributed by atoms with Gasteiger partial charge in [-0.3, -0.25) is 14.4 Å². The number of Topliss-reactive ketones (excluding diaryl/α,β-unsaturated/α-hetero) is 1. The molecule has 1 fully saturated rings. The van der Waals surface area contributed by atoms with Crippen LogP contribution < -0.4 is 14.4 Å². The first-order valence-corrected chi connectivity index (χ1v) is 12.5. The number of likely N-dealkylation sites (N-methyl/N-ethyl adjacent to an activating group) is 2. The first-order valence-electron chi connectivity index (χ1n) is 12.5. The maximum absolute atomic E-state index is 13.4. The Kier molecular flexibility index (Phi) is 7.83. The van der Waals surface area contributed by atoms with Crippen LogP contribution in [-0.4, -0.2) is 78.9 Å². The molecule has 2 aliphatic heterocycles. The highest BCUT2D eigenvalue weighted by Crippen LogP contribution is 2.41. The number of likely N-dealkylation sites (tertiary alicyclic amines) is 1. The maximum atomic E-state index is 13.4. The lowest BCUT2D eigenvalue weighted by Crippen LogP contribution is -2.38. The highest BCUT2D eigenvalue weighted by atomic mass is 16.5. The fourth-order valence-electron chi connectivity index (χ4n) is 4.81. The van der Waals surface area contributed by atoms with Crippen LogP contribution in [0.2, 0.25) is 0 Å². The molecule has 0 bridgehead atoms. The van der Waals surface area contributed by atoms with Crippen LogP contribution >= 0.6 is 0 Å². The summed E-state index contributed by atoms with van der Waals surface area (Å²) in [6.07, 6.45) is 0. The van der Waals surface area contributed by atoms with E-state index in [1.165, 1.54) is 11.8 Å². The van der Waals surface area contributed by atoms with Crippen LogP contribution in [0.25, 0.3) is 5.76 Å². The number of carbonyl (C=O) groups excluding carboxylic acids is 3. The van der Waals surface area contributed by atoms with Gasteiger partial charge < -0.3 is 29.3 Å². The minimum Gasteiger partial charge on any atom is -0.507 e. The quantitative estimate of drug-likeness (QED) is 0.191. The van der Waals surface area contributed by atoms with Gasteiger partial charge in [-0.05, 0) is 49.0 Å².